The van der Waals surface area contributed by atoms with Gasteiger partial charge in [0, 0.05) is 25.3 Å². The fourth-order valence-corrected chi connectivity index (χ4v) is 1.29. The van der Waals surface area contributed by atoms with Crippen molar-refractivity contribution in [3.05, 3.63) is 29.6 Å². The highest BCUT2D eigenvalue weighted by molar-refractivity contribution is 5.46. The van der Waals surface area contributed by atoms with E-state index in [-0.39, 0.29) is 19.6 Å². The summed E-state index contributed by atoms with van der Waals surface area (Å²) in [6, 6.07) is 1.01. The molecule has 2 nitrogen and oxygen atoms in total. The SMILES string of the molecule is Fc1cc(F)c(NCCCOCC(F)(F)F)c(F)c1. The average Bonchev–Trinajstić information content (AvgIpc) is 2.24. The van der Waals surface area contributed by atoms with Gasteiger partial charge in [-0.1, -0.05) is 0 Å². The standard InChI is InChI=1S/C11H11F6NO/c12-7-4-8(13)10(9(14)5-7)18-2-1-3-19-6-11(15,16)17/h4-5,18H,1-3,6H2. The monoisotopic (exact) mass is 287 g/mol. The van der Waals surface area contributed by atoms with Crippen LogP contribution in [0.3, 0.4) is 0 Å². The van der Waals surface area contributed by atoms with Gasteiger partial charge in [0.25, 0.3) is 0 Å². The Morgan fingerprint density at radius 1 is 1.05 bits per heavy atom. The summed E-state index contributed by atoms with van der Waals surface area (Å²) in [6.07, 6.45) is -4.28. The first-order valence-corrected chi connectivity index (χ1v) is 5.32. The Balaban J connectivity index is 2.30. The van der Waals surface area contributed by atoms with Gasteiger partial charge in [0.1, 0.15) is 18.1 Å². The molecule has 1 N–H and O–H groups in total. The van der Waals surface area contributed by atoms with Crippen LogP contribution in [0.2, 0.25) is 0 Å². The average molecular weight is 287 g/mol. The summed E-state index contributed by atoms with van der Waals surface area (Å²) >= 11 is 0. The summed E-state index contributed by atoms with van der Waals surface area (Å²) in [4.78, 5) is 0. The van der Waals surface area contributed by atoms with Crippen LogP contribution in [-0.2, 0) is 4.74 Å². The molecular formula is C11H11F6NO. The van der Waals surface area contributed by atoms with E-state index in [1.165, 1.54) is 0 Å². The van der Waals surface area contributed by atoms with Crippen molar-refractivity contribution in [3.8, 4) is 0 Å². The summed E-state index contributed by atoms with van der Waals surface area (Å²) < 4.78 is 78.2. The van der Waals surface area contributed by atoms with Crippen molar-refractivity contribution in [1.29, 1.82) is 0 Å². The number of halogens is 6. The Labute approximate surface area is 105 Å². The van der Waals surface area contributed by atoms with E-state index in [0.717, 1.165) is 0 Å². The summed E-state index contributed by atoms with van der Waals surface area (Å²) in [5, 5.41) is 2.33. The maximum Gasteiger partial charge on any atom is 0.411 e. The molecule has 8 heteroatoms. The fourth-order valence-electron chi connectivity index (χ4n) is 1.29. The minimum Gasteiger partial charge on any atom is -0.380 e. The Kier molecular flexibility index (Phi) is 5.46. The van der Waals surface area contributed by atoms with Crippen molar-refractivity contribution in [2.75, 3.05) is 25.1 Å². The number of hydrogen-bond donors (Lipinski definition) is 1. The van der Waals surface area contributed by atoms with Gasteiger partial charge in [-0.05, 0) is 6.42 Å². The van der Waals surface area contributed by atoms with Gasteiger partial charge < -0.3 is 10.1 Å². The van der Waals surface area contributed by atoms with Gasteiger partial charge in [-0.25, -0.2) is 13.2 Å². The molecule has 0 aliphatic rings. The molecule has 0 amide bonds. The minimum absolute atomic E-state index is 0.00265. The zero-order valence-corrected chi connectivity index (χ0v) is 9.66. The van der Waals surface area contributed by atoms with E-state index < -0.39 is 35.9 Å². The number of alkyl halides is 3. The smallest absolute Gasteiger partial charge is 0.380 e. The Hall–Kier alpha value is -1.44. The fraction of sp³-hybridized carbons (Fsp3) is 0.455. The third-order valence-corrected chi connectivity index (χ3v) is 2.04. The van der Waals surface area contributed by atoms with Crippen molar-refractivity contribution in [3.63, 3.8) is 0 Å². The predicted octanol–water partition coefficient (Wildman–Crippen LogP) is 3.48. The molecule has 0 aromatic heterocycles. The van der Waals surface area contributed by atoms with Crippen molar-refractivity contribution in [2.45, 2.75) is 12.6 Å². The van der Waals surface area contributed by atoms with Gasteiger partial charge in [-0.15, -0.1) is 0 Å². The van der Waals surface area contributed by atoms with Crippen LogP contribution in [0.4, 0.5) is 32.0 Å². The van der Waals surface area contributed by atoms with Crippen LogP contribution in [0.25, 0.3) is 0 Å². The molecular weight excluding hydrogens is 276 g/mol. The van der Waals surface area contributed by atoms with E-state index >= 15 is 0 Å². The molecule has 19 heavy (non-hydrogen) atoms. The highest BCUT2D eigenvalue weighted by atomic mass is 19.4. The van der Waals surface area contributed by atoms with Crippen molar-refractivity contribution < 1.29 is 31.1 Å². The van der Waals surface area contributed by atoms with Gasteiger partial charge in [0.05, 0.1) is 0 Å². The zero-order valence-electron chi connectivity index (χ0n) is 9.66. The second kappa shape index (κ2) is 6.65. The van der Waals surface area contributed by atoms with E-state index in [1.807, 2.05) is 0 Å². The second-order valence-electron chi connectivity index (χ2n) is 3.69. The number of nitrogens with one attached hydrogen (secondary N) is 1. The first-order chi connectivity index (χ1) is 8.79. The molecule has 0 bridgehead atoms. The van der Waals surface area contributed by atoms with Crippen molar-refractivity contribution in [2.24, 2.45) is 0 Å². The largest absolute Gasteiger partial charge is 0.411 e. The first kappa shape index (κ1) is 15.6. The van der Waals surface area contributed by atoms with Crippen LogP contribution < -0.4 is 5.32 Å². The van der Waals surface area contributed by atoms with E-state index in [0.29, 0.717) is 12.1 Å². The predicted molar refractivity (Wildman–Crippen MR) is 56.3 cm³/mol. The highest BCUT2D eigenvalue weighted by Gasteiger charge is 2.27. The first-order valence-electron chi connectivity index (χ1n) is 5.32. The molecule has 0 unspecified atom stereocenters. The van der Waals surface area contributed by atoms with E-state index in [2.05, 4.69) is 10.1 Å². The van der Waals surface area contributed by atoms with Gasteiger partial charge in [-0.2, -0.15) is 13.2 Å². The van der Waals surface area contributed by atoms with Gasteiger partial charge in [0.2, 0.25) is 0 Å². The molecule has 1 aromatic rings. The van der Waals surface area contributed by atoms with E-state index in [1.54, 1.807) is 0 Å². The molecule has 0 fully saturated rings. The lowest BCUT2D eigenvalue weighted by Gasteiger charge is -2.10. The van der Waals surface area contributed by atoms with Crippen LogP contribution in [0, 0.1) is 17.5 Å². The number of anilines is 1. The maximum absolute atomic E-state index is 13.1. The molecule has 108 valence electrons. The Morgan fingerprint density at radius 2 is 1.63 bits per heavy atom. The molecule has 1 aromatic carbocycles. The molecule has 0 saturated carbocycles. The molecule has 0 atom stereocenters. The van der Waals surface area contributed by atoms with Crippen LogP contribution in [-0.4, -0.2) is 25.9 Å². The number of benzene rings is 1. The Bertz CT molecular complexity index is 397. The lowest BCUT2D eigenvalue weighted by atomic mass is 10.2. The van der Waals surface area contributed by atoms with E-state index in [4.69, 9.17) is 0 Å². The van der Waals surface area contributed by atoms with Gasteiger partial charge >= 0.3 is 6.18 Å². The highest BCUT2D eigenvalue weighted by Crippen LogP contribution is 2.20. The lowest BCUT2D eigenvalue weighted by Crippen LogP contribution is -2.18. The Morgan fingerprint density at radius 3 is 2.16 bits per heavy atom. The van der Waals surface area contributed by atoms with Crippen LogP contribution >= 0.6 is 0 Å². The molecule has 1 rings (SSSR count). The zero-order chi connectivity index (χ0) is 14.5. The molecule has 0 heterocycles. The quantitative estimate of drug-likeness (QED) is 0.639. The summed E-state index contributed by atoms with van der Waals surface area (Å²) in [5.74, 6) is -3.25. The van der Waals surface area contributed by atoms with Crippen molar-refractivity contribution >= 4 is 5.69 Å². The van der Waals surface area contributed by atoms with Crippen LogP contribution in [0.5, 0.6) is 0 Å². The maximum atomic E-state index is 13.1. The number of rotatable bonds is 6. The topological polar surface area (TPSA) is 21.3 Å². The molecule has 0 saturated heterocycles. The third-order valence-electron chi connectivity index (χ3n) is 2.04. The van der Waals surface area contributed by atoms with Crippen LogP contribution in [0.15, 0.2) is 12.1 Å². The van der Waals surface area contributed by atoms with Crippen LogP contribution in [0.1, 0.15) is 6.42 Å². The number of ether oxygens (including phenoxy) is 1. The molecule has 0 spiro atoms. The molecule has 0 aliphatic heterocycles. The molecule has 0 radical (unpaired) electrons. The second-order valence-corrected chi connectivity index (χ2v) is 3.69. The molecule has 0 aliphatic carbocycles. The van der Waals surface area contributed by atoms with Gasteiger partial charge in [0.15, 0.2) is 11.6 Å². The minimum atomic E-state index is -4.40. The lowest BCUT2D eigenvalue weighted by molar-refractivity contribution is -0.173. The van der Waals surface area contributed by atoms with E-state index in [9.17, 15) is 26.3 Å². The summed E-state index contributed by atoms with van der Waals surface area (Å²) in [5.41, 5.74) is -0.516. The number of hydrogen-bond acceptors (Lipinski definition) is 2. The normalized spacial score (nSPS) is 11.7. The summed E-state index contributed by atoms with van der Waals surface area (Å²) in [7, 11) is 0. The summed E-state index contributed by atoms with van der Waals surface area (Å²) in [6.45, 7) is -1.58. The third kappa shape index (κ3) is 5.82. The van der Waals surface area contributed by atoms with Crippen molar-refractivity contribution in [1.82, 2.24) is 0 Å². The van der Waals surface area contributed by atoms with Gasteiger partial charge in [-0.3, -0.25) is 0 Å².